The van der Waals surface area contributed by atoms with Gasteiger partial charge >= 0.3 is 0 Å². The Kier molecular flexibility index (Phi) is 6.61. The maximum absolute atomic E-state index is 12.5. The van der Waals surface area contributed by atoms with Crippen molar-refractivity contribution >= 4 is 34.7 Å². The molecule has 29 heavy (non-hydrogen) atoms. The minimum absolute atomic E-state index is 0.348. The Balaban J connectivity index is 1.73. The van der Waals surface area contributed by atoms with Crippen LogP contribution in [-0.4, -0.2) is 15.9 Å². The first-order chi connectivity index (χ1) is 14.0. The van der Waals surface area contributed by atoms with E-state index in [1.807, 2.05) is 50.2 Å². The molecule has 144 valence electrons. The molecule has 0 radical (unpaired) electrons. The molecule has 0 unspecified atom stereocenters. The predicted octanol–water partition coefficient (Wildman–Crippen LogP) is 4.36. The van der Waals surface area contributed by atoms with Gasteiger partial charge in [0.1, 0.15) is 4.99 Å². The minimum Gasteiger partial charge on any atom is -0.287 e. The normalized spacial score (nSPS) is 9.90. The number of rotatable bonds is 2. The zero-order valence-corrected chi connectivity index (χ0v) is 17.5. The van der Waals surface area contributed by atoms with Crippen LogP contribution < -0.4 is 10.9 Å². The number of hydrogen-bond donors (Lipinski definition) is 2. The maximum atomic E-state index is 12.5. The highest BCUT2D eigenvalue weighted by Crippen LogP contribution is 2.19. The standard InChI is InChI=1S/C23H18ClN3OS/c1-15-8-10-19(13-18(15)11-9-17-6-4-12-25-14-17)23(29)27-26-22(28)21-16(2)5-3-7-20(21)24/h3-8,10,12-14H,1-2H3,(H,26,28)(H,27,29). The molecule has 6 heteroatoms. The smallest absolute Gasteiger partial charge is 0.271 e. The van der Waals surface area contributed by atoms with Crippen molar-refractivity contribution in [2.45, 2.75) is 13.8 Å². The highest BCUT2D eigenvalue weighted by molar-refractivity contribution is 7.80. The highest BCUT2D eigenvalue weighted by atomic mass is 35.5. The first-order valence-corrected chi connectivity index (χ1v) is 9.63. The molecule has 3 aromatic rings. The average molecular weight is 420 g/mol. The molecule has 4 nitrogen and oxygen atoms in total. The lowest BCUT2D eigenvalue weighted by molar-refractivity contribution is 0.0944. The minimum atomic E-state index is -0.348. The zero-order chi connectivity index (χ0) is 20.8. The van der Waals surface area contributed by atoms with Crippen molar-refractivity contribution in [3.63, 3.8) is 0 Å². The van der Waals surface area contributed by atoms with Crippen molar-refractivity contribution in [3.05, 3.63) is 99.3 Å². The number of benzene rings is 2. The van der Waals surface area contributed by atoms with Gasteiger partial charge in [-0.2, -0.15) is 0 Å². The van der Waals surface area contributed by atoms with Gasteiger partial charge in [0.2, 0.25) is 0 Å². The molecular formula is C23H18ClN3OS. The highest BCUT2D eigenvalue weighted by Gasteiger charge is 2.13. The van der Waals surface area contributed by atoms with Gasteiger partial charge in [-0.1, -0.05) is 59.9 Å². The van der Waals surface area contributed by atoms with Gasteiger partial charge in [0.25, 0.3) is 5.91 Å². The Hall–Kier alpha value is -3.20. The summed E-state index contributed by atoms with van der Waals surface area (Å²) in [6.07, 6.45) is 3.42. The number of hydrogen-bond acceptors (Lipinski definition) is 3. The molecule has 0 atom stereocenters. The molecule has 3 rings (SSSR count). The van der Waals surface area contributed by atoms with Crippen LogP contribution in [0.15, 0.2) is 60.9 Å². The van der Waals surface area contributed by atoms with Crippen LogP contribution in [0.3, 0.4) is 0 Å². The van der Waals surface area contributed by atoms with Gasteiger partial charge in [-0.25, -0.2) is 0 Å². The van der Waals surface area contributed by atoms with Crippen molar-refractivity contribution in [3.8, 4) is 11.8 Å². The van der Waals surface area contributed by atoms with Gasteiger partial charge in [0.15, 0.2) is 0 Å². The Morgan fingerprint density at radius 1 is 1.03 bits per heavy atom. The number of nitrogens with one attached hydrogen (secondary N) is 2. The third-order valence-electron chi connectivity index (χ3n) is 4.24. The molecule has 0 saturated heterocycles. The van der Waals surface area contributed by atoms with Crippen LogP contribution in [-0.2, 0) is 0 Å². The van der Waals surface area contributed by atoms with E-state index in [1.54, 1.807) is 24.5 Å². The van der Waals surface area contributed by atoms with Crippen molar-refractivity contribution < 1.29 is 4.79 Å². The van der Waals surface area contributed by atoms with E-state index < -0.39 is 0 Å². The van der Waals surface area contributed by atoms with Crippen LogP contribution in [0, 0.1) is 25.7 Å². The Morgan fingerprint density at radius 2 is 1.86 bits per heavy atom. The number of halogens is 1. The van der Waals surface area contributed by atoms with E-state index in [0.717, 1.165) is 27.8 Å². The summed E-state index contributed by atoms with van der Waals surface area (Å²) in [4.78, 5) is 16.9. The summed E-state index contributed by atoms with van der Waals surface area (Å²) < 4.78 is 0. The van der Waals surface area contributed by atoms with Crippen molar-refractivity contribution in [1.82, 2.24) is 15.8 Å². The number of carbonyl (C=O) groups excluding carboxylic acids is 1. The summed E-state index contributed by atoms with van der Waals surface area (Å²) in [6, 6.07) is 14.8. The van der Waals surface area contributed by atoms with E-state index in [-0.39, 0.29) is 5.91 Å². The van der Waals surface area contributed by atoms with Gasteiger partial charge in [-0.05, 0) is 49.2 Å². The van der Waals surface area contributed by atoms with Crippen LogP contribution >= 0.6 is 23.8 Å². The summed E-state index contributed by atoms with van der Waals surface area (Å²) in [5.74, 6) is 5.89. The fourth-order valence-electron chi connectivity index (χ4n) is 2.64. The molecule has 1 heterocycles. The summed E-state index contributed by atoms with van der Waals surface area (Å²) in [5, 5.41) is 0.388. The van der Waals surface area contributed by atoms with Crippen molar-refractivity contribution in [2.24, 2.45) is 0 Å². The van der Waals surface area contributed by atoms with Crippen molar-refractivity contribution in [2.75, 3.05) is 0 Å². The van der Waals surface area contributed by atoms with Gasteiger partial charge in [-0.15, -0.1) is 0 Å². The molecule has 0 fully saturated rings. The first kappa shape index (κ1) is 20.5. The van der Waals surface area contributed by atoms with Crippen LogP contribution in [0.5, 0.6) is 0 Å². The quantitative estimate of drug-likeness (QED) is 0.368. The third kappa shape index (κ3) is 5.20. The maximum Gasteiger partial charge on any atom is 0.271 e. The molecule has 0 aliphatic carbocycles. The van der Waals surface area contributed by atoms with Gasteiger partial charge < -0.3 is 0 Å². The Bertz CT molecular complexity index is 1110. The number of carbonyl (C=O) groups is 1. The van der Waals surface area contributed by atoms with E-state index >= 15 is 0 Å². The topological polar surface area (TPSA) is 54.0 Å². The van der Waals surface area contributed by atoms with Gasteiger partial charge in [-0.3, -0.25) is 20.6 Å². The molecule has 0 saturated carbocycles. The van der Waals surface area contributed by atoms with Crippen LogP contribution in [0.25, 0.3) is 0 Å². The van der Waals surface area contributed by atoms with E-state index in [4.69, 9.17) is 23.8 Å². The monoisotopic (exact) mass is 419 g/mol. The van der Waals surface area contributed by atoms with Gasteiger partial charge in [0, 0.05) is 29.1 Å². The molecule has 0 bridgehead atoms. The number of nitrogens with zero attached hydrogens (tertiary/aromatic N) is 1. The molecule has 1 aromatic heterocycles. The number of hydrazine groups is 1. The Morgan fingerprint density at radius 3 is 2.59 bits per heavy atom. The second kappa shape index (κ2) is 9.33. The molecule has 2 N–H and O–H groups in total. The number of thiocarbonyl (C=S) groups is 1. The number of amides is 1. The Labute approximate surface area is 180 Å². The van der Waals surface area contributed by atoms with Crippen LogP contribution in [0.1, 0.15) is 38.2 Å². The molecule has 0 aliphatic rings. The summed E-state index contributed by atoms with van der Waals surface area (Å²) in [5.41, 5.74) is 10.1. The lowest BCUT2D eigenvalue weighted by atomic mass is 10.0. The first-order valence-electron chi connectivity index (χ1n) is 8.84. The third-order valence-corrected chi connectivity index (χ3v) is 4.89. The van der Waals surface area contributed by atoms with Crippen LogP contribution in [0.2, 0.25) is 5.02 Å². The van der Waals surface area contributed by atoms with Crippen molar-refractivity contribution in [1.29, 1.82) is 0 Å². The molecule has 2 aromatic carbocycles. The average Bonchev–Trinajstić information content (AvgIpc) is 2.72. The van der Waals surface area contributed by atoms with Crippen LogP contribution in [0.4, 0.5) is 0 Å². The number of pyridine rings is 1. The fourth-order valence-corrected chi connectivity index (χ4v) is 3.13. The largest absolute Gasteiger partial charge is 0.287 e. The van der Waals surface area contributed by atoms with E-state index in [1.165, 1.54) is 0 Å². The summed E-state index contributed by atoms with van der Waals surface area (Å²) in [6.45, 7) is 3.81. The molecule has 0 spiro atoms. The predicted molar refractivity (Wildman–Crippen MR) is 120 cm³/mol. The van der Waals surface area contributed by atoms with E-state index in [2.05, 4.69) is 27.7 Å². The second-order valence-electron chi connectivity index (χ2n) is 6.36. The second-order valence-corrected chi connectivity index (χ2v) is 7.18. The molecular weight excluding hydrogens is 402 g/mol. The lowest BCUT2D eigenvalue weighted by Crippen LogP contribution is -2.41. The molecule has 0 aliphatic heterocycles. The SMILES string of the molecule is Cc1ccc(C(=S)NNC(=O)c2c(C)cccc2Cl)cc1C#Cc1cccnc1. The lowest BCUT2D eigenvalue weighted by Gasteiger charge is -2.13. The fraction of sp³-hybridized carbons (Fsp3) is 0.0870. The summed E-state index contributed by atoms with van der Waals surface area (Å²) in [7, 11) is 0. The number of aromatic nitrogens is 1. The summed E-state index contributed by atoms with van der Waals surface area (Å²) >= 11 is 11.6. The van der Waals surface area contributed by atoms with Gasteiger partial charge in [0.05, 0.1) is 10.6 Å². The number of aryl methyl sites for hydroxylation is 2. The van der Waals surface area contributed by atoms with E-state index in [0.29, 0.717) is 15.6 Å². The van der Waals surface area contributed by atoms with E-state index in [9.17, 15) is 4.79 Å². The zero-order valence-electron chi connectivity index (χ0n) is 15.9. The molecule has 1 amide bonds.